The molecule has 0 atom stereocenters. The Bertz CT molecular complexity index is 708. The highest BCUT2D eigenvalue weighted by molar-refractivity contribution is 9.10. The lowest BCUT2D eigenvalue weighted by molar-refractivity contribution is 0.462. The summed E-state index contributed by atoms with van der Waals surface area (Å²) in [6.45, 7) is 0. The number of nitrogens with one attached hydrogen (secondary N) is 1. The first-order valence-electron chi connectivity index (χ1n) is 5.46. The highest BCUT2D eigenvalue weighted by atomic mass is 79.9. The summed E-state index contributed by atoms with van der Waals surface area (Å²) in [5.74, 6) is 0.312. The van der Waals surface area contributed by atoms with Gasteiger partial charge in [0.2, 0.25) is 0 Å². The Hall–Kier alpha value is -1.39. The van der Waals surface area contributed by atoms with Gasteiger partial charge in [0.15, 0.2) is 0 Å². The quantitative estimate of drug-likeness (QED) is 0.712. The zero-order valence-corrected chi connectivity index (χ0v) is 11.8. The van der Waals surface area contributed by atoms with Gasteiger partial charge in [0.1, 0.15) is 5.75 Å². The minimum Gasteiger partial charge on any atom is -0.507 e. The second-order valence-corrected chi connectivity index (χ2v) is 5.91. The van der Waals surface area contributed by atoms with Crippen molar-refractivity contribution in [2.75, 3.05) is 0 Å². The van der Waals surface area contributed by atoms with E-state index in [0.29, 0.717) is 5.75 Å². The van der Waals surface area contributed by atoms with Gasteiger partial charge in [-0.15, -0.1) is 0 Å². The van der Waals surface area contributed by atoms with Crippen molar-refractivity contribution in [2.24, 2.45) is 0 Å². The fourth-order valence-corrected chi connectivity index (χ4v) is 3.13. The second kappa shape index (κ2) is 4.71. The number of phenols is 1. The Morgan fingerprint density at radius 3 is 2.72 bits per heavy atom. The third kappa shape index (κ3) is 2.13. The molecule has 0 bridgehead atoms. The van der Waals surface area contributed by atoms with Crippen molar-refractivity contribution in [1.29, 1.82) is 0 Å². The number of hydrogen-bond acceptors (Lipinski definition) is 2. The van der Waals surface area contributed by atoms with Gasteiger partial charge in [-0.05, 0) is 30.3 Å². The van der Waals surface area contributed by atoms with Crippen molar-refractivity contribution in [2.45, 2.75) is 9.79 Å². The molecule has 4 heteroatoms. The molecule has 3 rings (SSSR count). The summed E-state index contributed by atoms with van der Waals surface area (Å²) in [6, 6.07) is 13.5. The summed E-state index contributed by atoms with van der Waals surface area (Å²) < 4.78 is 1.05. The first kappa shape index (κ1) is 11.7. The number of fused-ring (bicyclic) bond motifs is 1. The highest BCUT2D eigenvalue weighted by Gasteiger charge is 2.08. The third-order valence-electron chi connectivity index (χ3n) is 2.69. The number of aromatic nitrogens is 1. The van der Waals surface area contributed by atoms with E-state index in [0.717, 1.165) is 25.2 Å². The van der Waals surface area contributed by atoms with Crippen LogP contribution < -0.4 is 0 Å². The third-order valence-corrected chi connectivity index (χ3v) is 4.31. The largest absolute Gasteiger partial charge is 0.507 e. The standard InChI is InChI=1S/C14H10BrNOS/c15-9-5-6-11-10(7-9)14(8-16-11)18-13-4-2-1-3-12(13)17/h1-8,16-17H. The minimum absolute atomic E-state index is 0.312. The summed E-state index contributed by atoms with van der Waals surface area (Å²) in [5.41, 5.74) is 1.09. The molecule has 0 amide bonds. The van der Waals surface area contributed by atoms with Gasteiger partial charge in [0.25, 0.3) is 0 Å². The number of rotatable bonds is 2. The lowest BCUT2D eigenvalue weighted by atomic mass is 10.2. The van der Waals surface area contributed by atoms with E-state index in [1.54, 1.807) is 17.8 Å². The molecule has 0 aliphatic carbocycles. The molecule has 2 nitrogen and oxygen atoms in total. The summed E-state index contributed by atoms with van der Waals surface area (Å²) in [4.78, 5) is 5.20. The Labute approximate surface area is 117 Å². The fourth-order valence-electron chi connectivity index (χ4n) is 1.81. The van der Waals surface area contributed by atoms with Crippen LogP contribution in [0.15, 0.2) is 62.9 Å². The van der Waals surface area contributed by atoms with Crippen molar-refractivity contribution < 1.29 is 5.11 Å². The van der Waals surface area contributed by atoms with Crippen LogP contribution in [-0.4, -0.2) is 10.1 Å². The predicted octanol–water partition coefficient (Wildman–Crippen LogP) is 4.79. The van der Waals surface area contributed by atoms with Crippen LogP contribution in [-0.2, 0) is 0 Å². The van der Waals surface area contributed by atoms with Gasteiger partial charge in [-0.25, -0.2) is 0 Å². The Balaban J connectivity index is 2.05. The van der Waals surface area contributed by atoms with Gasteiger partial charge < -0.3 is 10.1 Å². The maximum Gasteiger partial charge on any atom is 0.129 e. The van der Waals surface area contributed by atoms with E-state index in [4.69, 9.17) is 0 Å². The van der Waals surface area contributed by atoms with Gasteiger partial charge in [0.05, 0.1) is 4.90 Å². The first-order chi connectivity index (χ1) is 8.74. The van der Waals surface area contributed by atoms with Gasteiger partial charge >= 0.3 is 0 Å². The van der Waals surface area contributed by atoms with Crippen molar-refractivity contribution in [3.05, 3.63) is 53.1 Å². The number of benzene rings is 2. The van der Waals surface area contributed by atoms with E-state index in [-0.39, 0.29) is 0 Å². The molecule has 0 aliphatic heterocycles. The summed E-state index contributed by atoms with van der Waals surface area (Å²) in [5, 5.41) is 10.9. The minimum atomic E-state index is 0.312. The molecule has 0 aliphatic rings. The van der Waals surface area contributed by atoms with Crippen LogP contribution in [0.4, 0.5) is 0 Å². The Kier molecular flexibility index (Phi) is 3.06. The number of aromatic amines is 1. The molecule has 0 saturated heterocycles. The van der Waals surface area contributed by atoms with Crippen LogP contribution in [0.1, 0.15) is 0 Å². The average Bonchev–Trinajstić information content (AvgIpc) is 2.75. The van der Waals surface area contributed by atoms with Gasteiger partial charge in [-0.1, -0.05) is 39.8 Å². The van der Waals surface area contributed by atoms with E-state index in [1.165, 1.54) is 0 Å². The zero-order valence-electron chi connectivity index (χ0n) is 9.35. The van der Waals surface area contributed by atoms with Crippen LogP contribution in [0.5, 0.6) is 5.75 Å². The van der Waals surface area contributed by atoms with Crippen molar-refractivity contribution in [3.8, 4) is 5.75 Å². The Morgan fingerprint density at radius 1 is 1.06 bits per heavy atom. The number of aromatic hydroxyl groups is 1. The zero-order chi connectivity index (χ0) is 12.5. The number of phenolic OH excluding ortho intramolecular Hbond substituents is 1. The van der Waals surface area contributed by atoms with Crippen molar-refractivity contribution >= 4 is 38.6 Å². The molecular formula is C14H10BrNOS. The van der Waals surface area contributed by atoms with Crippen LogP contribution in [0, 0.1) is 0 Å². The predicted molar refractivity (Wildman–Crippen MR) is 78.2 cm³/mol. The molecule has 0 spiro atoms. The van der Waals surface area contributed by atoms with E-state index < -0.39 is 0 Å². The highest BCUT2D eigenvalue weighted by Crippen LogP contribution is 2.38. The molecule has 0 radical (unpaired) electrons. The number of halogens is 1. The molecule has 2 N–H and O–H groups in total. The Morgan fingerprint density at radius 2 is 1.89 bits per heavy atom. The van der Waals surface area contributed by atoms with Gasteiger partial charge in [0, 0.05) is 26.5 Å². The lowest BCUT2D eigenvalue weighted by Crippen LogP contribution is -1.74. The number of hydrogen-bond donors (Lipinski definition) is 2. The van der Waals surface area contributed by atoms with Gasteiger partial charge in [-0.3, -0.25) is 0 Å². The smallest absolute Gasteiger partial charge is 0.129 e. The second-order valence-electron chi connectivity index (χ2n) is 3.91. The fraction of sp³-hybridized carbons (Fsp3) is 0. The lowest BCUT2D eigenvalue weighted by Gasteiger charge is -2.02. The van der Waals surface area contributed by atoms with E-state index in [2.05, 4.69) is 27.0 Å². The molecule has 90 valence electrons. The SMILES string of the molecule is Oc1ccccc1Sc1c[nH]c2ccc(Br)cc12. The average molecular weight is 320 g/mol. The monoisotopic (exact) mass is 319 g/mol. The first-order valence-corrected chi connectivity index (χ1v) is 7.07. The van der Waals surface area contributed by atoms with E-state index >= 15 is 0 Å². The van der Waals surface area contributed by atoms with Crippen LogP contribution in [0.25, 0.3) is 10.9 Å². The van der Waals surface area contributed by atoms with Crippen LogP contribution in [0.2, 0.25) is 0 Å². The molecule has 0 saturated carbocycles. The van der Waals surface area contributed by atoms with Crippen LogP contribution in [0.3, 0.4) is 0 Å². The normalized spacial score (nSPS) is 10.9. The molecule has 2 aromatic carbocycles. The molecular weight excluding hydrogens is 310 g/mol. The molecule has 0 unspecified atom stereocenters. The molecule has 18 heavy (non-hydrogen) atoms. The molecule has 1 heterocycles. The van der Waals surface area contributed by atoms with Crippen molar-refractivity contribution in [1.82, 2.24) is 4.98 Å². The maximum atomic E-state index is 9.80. The van der Waals surface area contributed by atoms with Crippen LogP contribution >= 0.6 is 27.7 Å². The maximum absolute atomic E-state index is 9.80. The van der Waals surface area contributed by atoms with E-state index in [1.807, 2.05) is 36.5 Å². The molecule has 1 aromatic heterocycles. The summed E-state index contributed by atoms with van der Waals surface area (Å²) in [7, 11) is 0. The summed E-state index contributed by atoms with van der Waals surface area (Å²) >= 11 is 5.04. The van der Waals surface area contributed by atoms with Crippen molar-refractivity contribution in [3.63, 3.8) is 0 Å². The summed E-state index contributed by atoms with van der Waals surface area (Å²) in [6.07, 6.45) is 1.97. The number of H-pyrrole nitrogens is 1. The number of para-hydroxylation sites is 1. The van der Waals surface area contributed by atoms with Gasteiger partial charge in [-0.2, -0.15) is 0 Å². The van der Waals surface area contributed by atoms with E-state index in [9.17, 15) is 5.11 Å². The topological polar surface area (TPSA) is 36.0 Å². The molecule has 0 fully saturated rings. The molecule has 3 aromatic rings.